The Bertz CT molecular complexity index is 379. The summed E-state index contributed by atoms with van der Waals surface area (Å²) in [6.07, 6.45) is 3.92. The summed E-state index contributed by atoms with van der Waals surface area (Å²) in [6, 6.07) is 1.56. The van der Waals surface area contributed by atoms with Crippen LogP contribution in [-0.2, 0) is 4.74 Å². The molecule has 80 valence electrons. The Kier molecular flexibility index (Phi) is 2.34. The van der Waals surface area contributed by atoms with Gasteiger partial charge in [-0.05, 0) is 19.3 Å². The third-order valence-corrected chi connectivity index (χ3v) is 3.51. The summed E-state index contributed by atoms with van der Waals surface area (Å²) >= 11 is 11.7. The lowest BCUT2D eigenvalue weighted by atomic mass is 9.89. The van der Waals surface area contributed by atoms with Gasteiger partial charge in [0.1, 0.15) is 16.1 Å². The van der Waals surface area contributed by atoms with Gasteiger partial charge in [-0.3, -0.25) is 0 Å². The molecular formula is C10H10Cl2N2O. The van der Waals surface area contributed by atoms with Gasteiger partial charge < -0.3 is 4.74 Å². The van der Waals surface area contributed by atoms with Crippen LogP contribution < -0.4 is 0 Å². The molecule has 2 saturated heterocycles. The van der Waals surface area contributed by atoms with E-state index in [1.807, 2.05) is 0 Å². The summed E-state index contributed by atoms with van der Waals surface area (Å²) in [5, 5.41) is 0.820. The number of fused-ring (bicyclic) bond motifs is 2. The first-order chi connectivity index (χ1) is 7.22. The quantitative estimate of drug-likeness (QED) is 0.713. The molecule has 2 fully saturated rings. The van der Waals surface area contributed by atoms with E-state index < -0.39 is 0 Å². The van der Waals surface area contributed by atoms with Crippen molar-refractivity contribution in [3.63, 3.8) is 0 Å². The lowest BCUT2D eigenvalue weighted by Gasteiger charge is -2.16. The Hall–Kier alpha value is -0.380. The molecule has 0 radical (unpaired) electrons. The highest BCUT2D eigenvalue weighted by Gasteiger charge is 2.43. The van der Waals surface area contributed by atoms with Crippen LogP contribution in [0, 0.1) is 0 Å². The summed E-state index contributed by atoms with van der Waals surface area (Å²) in [4.78, 5) is 8.45. The van der Waals surface area contributed by atoms with Crippen molar-refractivity contribution in [1.29, 1.82) is 0 Å². The third-order valence-electron chi connectivity index (χ3n) is 3.12. The number of rotatable bonds is 1. The van der Waals surface area contributed by atoms with Crippen LogP contribution >= 0.6 is 23.2 Å². The first-order valence-electron chi connectivity index (χ1n) is 5.08. The average Bonchev–Trinajstić information content (AvgIpc) is 2.76. The Morgan fingerprint density at radius 1 is 1.20 bits per heavy atom. The molecule has 0 saturated carbocycles. The van der Waals surface area contributed by atoms with Gasteiger partial charge in [-0.25, -0.2) is 9.97 Å². The van der Waals surface area contributed by atoms with E-state index in [1.54, 1.807) is 6.07 Å². The van der Waals surface area contributed by atoms with Gasteiger partial charge in [0.2, 0.25) is 0 Å². The molecular weight excluding hydrogens is 235 g/mol. The number of halogens is 2. The fraction of sp³-hybridized carbons (Fsp3) is 0.600. The predicted octanol–water partition coefficient (Wildman–Crippen LogP) is 2.82. The molecule has 3 heterocycles. The van der Waals surface area contributed by atoms with Gasteiger partial charge in [0, 0.05) is 12.0 Å². The van der Waals surface area contributed by atoms with E-state index in [-0.39, 0.29) is 12.0 Å². The molecule has 0 aromatic carbocycles. The zero-order valence-electron chi connectivity index (χ0n) is 7.99. The molecule has 3 atom stereocenters. The monoisotopic (exact) mass is 244 g/mol. The van der Waals surface area contributed by atoms with E-state index in [9.17, 15) is 0 Å². The molecule has 0 amide bonds. The summed E-state index contributed by atoms with van der Waals surface area (Å²) in [6.45, 7) is 0. The second-order valence-corrected chi connectivity index (χ2v) is 4.86. The predicted molar refractivity (Wildman–Crippen MR) is 57.3 cm³/mol. The Morgan fingerprint density at radius 2 is 1.93 bits per heavy atom. The largest absolute Gasteiger partial charge is 0.374 e. The molecule has 3 nitrogen and oxygen atoms in total. The maximum Gasteiger partial charge on any atom is 0.137 e. The summed E-state index contributed by atoms with van der Waals surface area (Å²) < 4.78 is 5.75. The number of nitrogens with zero attached hydrogens (tertiary/aromatic N) is 2. The molecule has 2 aliphatic rings. The second kappa shape index (κ2) is 3.58. The van der Waals surface area contributed by atoms with Crippen molar-refractivity contribution in [2.24, 2.45) is 0 Å². The average molecular weight is 245 g/mol. The molecule has 2 aliphatic heterocycles. The van der Waals surface area contributed by atoms with Gasteiger partial charge in [0.25, 0.3) is 0 Å². The fourth-order valence-corrected chi connectivity index (χ4v) is 2.92. The zero-order chi connectivity index (χ0) is 10.4. The number of hydrogen-bond donors (Lipinski definition) is 0. The van der Waals surface area contributed by atoms with Crippen LogP contribution in [0.4, 0.5) is 0 Å². The maximum atomic E-state index is 5.85. The van der Waals surface area contributed by atoms with E-state index in [2.05, 4.69) is 9.97 Å². The van der Waals surface area contributed by atoms with Gasteiger partial charge in [0.15, 0.2) is 0 Å². The van der Waals surface area contributed by atoms with Gasteiger partial charge in [0.05, 0.1) is 12.2 Å². The van der Waals surface area contributed by atoms with Crippen molar-refractivity contribution in [3.05, 3.63) is 22.2 Å². The molecule has 3 unspecified atom stereocenters. The molecule has 5 heteroatoms. The first-order valence-corrected chi connectivity index (χ1v) is 5.83. The molecule has 2 bridgehead atoms. The van der Waals surface area contributed by atoms with E-state index in [1.165, 1.54) is 0 Å². The van der Waals surface area contributed by atoms with Crippen LogP contribution in [-0.4, -0.2) is 22.2 Å². The van der Waals surface area contributed by atoms with E-state index in [4.69, 9.17) is 27.9 Å². The molecule has 15 heavy (non-hydrogen) atoms. The fourth-order valence-electron chi connectivity index (χ4n) is 2.48. The number of aromatic nitrogens is 2. The van der Waals surface area contributed by atoms with Crippen molar-refractivity contribution in [2.75, 3.05) is 0 Å². The molecule has 1 aromatic heterocycles. The highest BCUT2D eigenvalue weighted by Crippen LogP contribution is 2.43. The van der Waals surface area contributed by atoms with Crippen molar-refractivity contribution in [1.82, 2.24) is 9.97 Å². The summed E-state index contributed by atoms with van der Waals surface area (Å²) in [7, 11) is 0. The minimum absolute atomic E-state index is 0.268. The molecule has 0 N–H and O–H groups in total. The second-order valence-electron chi connectivity index (χ2n) is 4.09. The van der Waals surface area contributed by atoms with Gasteiger partial charge in [-0.2, -0.15) is 0 Å². The topological polar surface area (TPSA) is 35.0 Å². The Labute approximate surface area is 97.8 Å². The van der Waals surface area contributed by atoms with E-state index in [0.29, 0.717) is 16.4 Å². The Morgan fingerprint density at radius 3 is 2.47 bits per heavy atom. The third kappa shape index (κ3) is 1.73. The molecule has 3 rings (SSSR count). The highest BCUT2D eigenvalue weighted by atomic mass is 35.5. The highest BCUT2D eigenvalue weighted by molar-refractivity contribution is 6.33. The normalized spacial score (nSPS) is 33.6. The van der Waals surface area contributed by atoms with E-state index in [0.717, 1.165) is 25.1 Å². The molecule has 0 spiro atoms. The lowest BCUT2D eigenvalue weighted by molar-refractivity contribution is 0.0999. The van der Waals surface area contributed by atoms with Crippen molar-refractivity contribution in [3.8, 4) is 0 Å². The standard InChI is InChI=1S/C10H10Cl2N2O/c11-8-4-9(12)14-10(13-8)6-3-5-1-2-7(6)15-5/h4-7H,1-3H2. The van der Waals surface area contributed by atoms with Gasteiger partial charge >= 0.3 is 0 Å². The van der Waals surface area contributed by atoms with Crippen LogP contribution in [0.3, 0.4) is 0 Å². The first kappa shape index (κ1) is 9.82. The Balaban J connectivity index is 1.93. The number of ether oxygens (including phenoxy) is 1. The van der Waals surface area contributed by atoms with Crippen molar-refractivity contribution < 1.29 is 4.74 Å². The SMILES string of the molecule is Clc1cc(Cl)nc(C2CC3CCC2O3)n1. The smallest absolute Gasteiger partial charge is 0.137 e. The van der Waals surface area contributed by atoms with Crippen LogP contribution in [0.15, 0.2) is 6.07 Å². The lowest BCUT2D eigenvalue weighted by Crippen LogP contribution is -2.17. The maximum absolute atomic E-state index is 5.85. The minimum atomic E-state index is 0.268. The van der Waals surface area contributed by atoms with Crippen LogP contribution in [0.1, 0.15) is 31.0 Å². The summed E-state index contributed by atoms with van der Waals surface area (Å²) in [5.41, 5.74) is 0. The minimum Gasteiger partial charge on any atom is -0.374 e. The van der Waals surface area contributed by atoms with E-state index >= 15 is 0 Å². The van der Waals surface area contributed by atoms with Crippen LogP contribution in [0.25, 0.3) is 0 Å². The molecule has 1 aromatic rings. The van der Waals surface area contributed by atoms with Gasteiger partial charge in [-0.1, -0.05) is 23.2 Å². The molecule has 0 aliphatic carbocycles. The van der Waals surface area contributed by atoms with Crippen LogP contribution in [0.2, 0.25) is 10.3 Å². The van der Waals surface area contributed by atoms with Crippen LogP contribution in [0.5, 0.6) is 0 Å². The van der Waals surface area contributed by atoms with Crippen molar-refractivity contribution >= 4 is 23.2 Å². The van der Waals surface area contributed by atoms with Gasteiger partial charge in [-0.15, -0.1) is 0 Å². The summed E-state index contributed by atoms with van der Waals surface area (Å²) in [5.74, 6) is 1.01. The van der Waals surface area contributed by atoms with Crippen molar-refractivity contribution in [2.45, 2.75) is 37.4 Å². The zero-order valence-corrected chi connectivity index (χ0v) is 9.50. The number of hydrogen-bond acceptors (Lipinski definition) is 3.